The Balaban J connectivity index is 2.35. The topological polar surface area (TPSA) is 81.5 Å². The summed E-state index contributed by atoms with van der Waals surface area (Å²) in [5, 5.41) is 13.6. The van der Waals surface area contributed by atoms with Gasteiger partial charge in [-0.15, -0.1) is 0 Å². The number of nitrogens with zero attached hydrogens (tertiary/aromatic N) is 1. The zero-order valence-electron chi connectivity index (χ0n) is 9.20. The minimum Gasteiger partial charge on any atom is -0.365 e. The zero-order chi connectivity index (χ0) is 12.4. The Bertz CT molecular complexity index is 434. The number of carbonyl (C=O) groups excluding carboxylic acids is 1. The molecule has 2 rings (SSSR count). The number of carbonyl (C=O) groups is 1. The van der Waals surface area contributed by atoms with Crippen molar-refractivity contribution in [2.75, 3.05) is 7.11 Å². The lowest BCUT2D eigenvalue weighted by molar-refractivity contribution is -0.533. The van der Waals surface area contributed by atoms with Crippen LogP contribution < -0.4 is 5.32 Å². The molecule has 0 saturated carbocycles. The average Bonchev–Trinajstić information content (AvgIpc) is 2.67. The standard InChI is InChI=1S/C11H12N2O4/c1-17-10-9(13(15)16)8(12-11(10)14)7-5-3-2-4-6-7/h2-6,8-10H,1H3,(H,12,14). The van der Waals surface area contributed by atoms with E-state index in [0.717, 1.165) is 0 Å². The first-order chi connectivity index (χ1) is 8.15. The number of ether oxygens (including phenoxy) is 1. The molecule has 1 aromatic carbocycles. The molecule has 1 heterocycles. The first-order valence-corrected chi connectivity index (χ1v) is 5.16. The van der Waals surface area contributed by atoms with Crippen LogP contribution >= 0.6 is 0 Å². The van der Waals surface area contributed by atoms with Crippen LogP contribution in [0.2, 0.25) is 0 Å². The predicted molar refractivity (Wildman–Crippen MR) is 58.9 cm³/mol. The van der Waals surface area contributed by atoms with E-state index in [1.165, 1.54) is 7.11 Å². The molecule has 17 heavy (non-hydrogen) atoms. The van der Waals surface area contributed by atoms with Crippen molar-refractivity contribution in [3.05, 3.63) is 46.0 Å². The molecule has 0 radical (unpaired) electrons. The third kappa shape index (κ3) is 1.99. The van der Waals surface area contributed by atoms with Crippen LogP contribution in [-0.2, 0) is 9.53 Å². The van der Waals surface area contributed by atoms with Crippen LogP contribution in [0.3, 0.4) is 0 Å². The fourth-order valence-corrected chi connectivity index (χ4v) is 2.07. The minimum absolute atomic E-state index is 0.442. The summed E-state index contributed by atoms with van der Waals surface area (Å²) in [6.45, 7) is 0. The largest absolute Gasteiger partial charge is 0.365 e. The number of nitro groups is 1. The maximum atomic E-state index is 11.6. The first kappa shape index (κ1) is 11.5. The van der Waals surface area contributed by atoms with Gasteiger partial charge in [0.05, 0.1) is 0 Å². The van der Waals surface area contributed by atoms with Gasteiger partial charge in [0, 0.05) is 12.0 Å². The molecule has 0 aliphatic carbocycles. The first-order valence-electron chi connectivity index (χ1n) is 5.16. The SMILES string of the molecule is COC1C(=O)NC(c2ccccc2)C1[N+](=O)[O-]. The van der Waals surface area contributed by atoms with E-state index in [-0.39, 0.29) is 0 Å². The number of benzene rings is 1. The number of hydrogen-bond donors (Lipinski definition) is 1. The molecule has 90 valence electrons. The Morgan fingerprint density at radius 1 is 1.35 bits per heavy atom. The van der Waals surface area contributed by atoms with Gasteiger partial charge in [-0.1, -0.05) is 30.3 Å². The maximum Gasteiger partial charge on any atom is 0.271 e. The van der Waals surface area contributed by atoms with Crippen LogP contribution in [0.1, 0.15) is 11.6 Å². The molecule has 1 aliphatic heterocycles. The molecule has 1 fully saturated rings. The zero-order valence-corrected chi connectivity index (χ0v) is 9.20. The van der Waals surface area contributed by atoms with Gasteiger partial charge in [-0.05, 0) is 5.56 Å². The fraction of sp³-hybridized carbons (Fsp3) is 0.364. The molecule has 3 unspecified atom stereocenters. The Hall–Kier alpha value is -1.95. The van der Waals surface area contributed by atoms with Crippen molar-refractivity contribution in [2.45, 2.75) is 18.2 Å². The summed E-state index contributed by atoms with van der Waals surface area (Å²) in [6.07, 6.45) is -1.03. The van der Waals surface area contributed by atoms with Gasteiger partial charge in [0.1, 0.15) is 6.04 Å². The van der Waals surface area contributed by atoms with Crippen molar-refractivity contribution in [1.29, 1.82) is 0 Å². The summed E-state index contributed by atoms with van der Waals surface area (Å²) in [7, 11) is 1.30. The summed E-state index contributed by atoms with van der Waals surface area (Å²) in [6, 6.07) is 7.14. The second kappa shape index (κ2) is 4.50. The Kier molecular flexibility index (Phi) is 3.06. The molecule has 0 aromatic heterocycles. The summed E-state index contributed by atoms with van der Waals surface area (Å²) >= 11 is 0. The van der Waals surface area contributed by atoms with Crippen LogP contribution in [-0.4, -0.2) is 30.1 Å². The Morgan fingerprint density at radius 3 is 2.53 bits per heavy atom. The van der Waals surface area contributed by atoms with E-state index in [1.807, 2.05) is 6.07 Å². The number of amides is 1. The van der Waals surface area contributed by atoms with Crippen molar-refractivity contribution in [3.63, 3.8) is 0 Å². The van der Waals surface area contributed by atoms with Crippen molar-refractivity contribution >= 4 is 5.91 Å². The van der Waals surface area contributed by atoms with E-state index in [1.54, 1.807) is 24.3 Å². The van der Waals surface area contributed by atoms with Crippen molar-refractivity contribution in [3.8, 4) is 0 Å². The van der Waals surface area contributed by atoms with Crippen LogP contribution in [0.15, 0.2) is 30.3 Å². The van der Waals surface area contributed by atoms with Gasteiger partial charge < -0.3 is 10.1 Å². The van der Waals surface area contributed by atoms with Gasteiger partial charge in [-0.25, -0.2) is 0 Å². The van der Waals surface area contributed by atoms with Gasteiger partial charge in [0.2, 0.25) is 6.10 Å². The van der Waals surface area contributed by atoms with Crippen LogP contribution in [0.4, 0.5) is 0 Å². The lowest BCUT2D eigenvalue weighted by Gasteiger charge is -2.14. The highest BCUT2D eigenvalue weighted by Gasteiger charge is 2.51. The Labute approximate surface area is 97.7 Å². The smallest absolute Gasteiger partial charge is 0.271 e. The monoisotopic (exact) mass is 236 g/mol. The predicted octanol–water partition coefficient (Wildman–Crippen LogP) is 0.518. The van der Waals surface area contributed by atoms with Gasteiger partial charge in [-0.3, -0.25) is 14.9 Å². The molecule has 1 aromatic rings. The second-order valence-corrected chi connectivity index (χ2v) is 3.83. The van der Waals surface area contributed by atoms with E-state index in [4.69, 9.17) is 4.74 Å². The van der Waals surface area contributed by atoms with Crippen LogP contribution in [0, 0.1) is 10.1 Å². The second-order valence-electron chi connectivity index (χ2n) is 3.83. The molecule has 1 amide bonds. The highest BCUT2D eigenvalue weighted by molar-refractivity contribution is 5.84. The molecule has 3 atom stereocenters. The van der Waals surface area contributed by atoms with Gasteiger partial charge in [0.15, 0.2) is 0 Å². The third-order valence-electron chi connectivity index (χ3n) is 2.86. The maximum absolute atomic E-state index is 11.6. The summed E-state index contributed by atoms with van der Waals surface area (Å²) in [5.41, 5.74) is 0.710. The molecule has 0 bridgehead atoms. The van der Waals surface area contributed by atoms with Crippen molar-refractivity contribution < 1.29 is 14.5 Å². The van der Waals surface area contributed by atoms with E-state index in [2.05, 4.69) is 5.32 Å². The lowest BCUT2D eigenvalue weighted by atomic mass is 10.00. The highest BCUT2D eigenvalue weighted by Crippen LogP contribution is 2.28. The Morgan fingerprint density at radius 2 is 2.00 bits per heavy atom. The van der Waals surface area contributed by atoms with E-state index < -0.39 is 29.0 Å². The number of nitrogens with one attached hydrogen (secondary N) is 1. The summed E-state index contributed by atoms with van der Waals surface area (Å²) < 4.78 is 4.90. The highest BCUT2D eigenvalue weighted by atomic mass is 16.6. The van der Waals surface area contributed by atoms with Gasteiger partial charge in [0.25, 0.3) is 11.9 Å². The van der Waals surface area contributed by atoms with Crippen LogP contribution in [0.25, 0.3) is 0 Å². The molecular formula is C11H12N2O4. The van der Waals surface area contributed by atoms with E-state index in [9.17, 15) is 14.9 Å². The van der Waals surface area contributed by atoms with Crippen LogP contribution in [0.5, 0.6) is 0 Å². The molecular weight excluding hydrogens is 224 g/mol. The normalized spacial score (nSPS) is 27.8. The summed E-state index contributed by atoms with van der Waals surface area (Å²) in [4.78, 5) is 22.1. The molecule has 6 heteroatoms. The number of methoxy groups -OCH3 is 1. The number of rotatable bonds is 3. The van der Waals surface area contributed by atoms with Gasteiger partial charge >= 0.3 is 0 Å². The van der Waals surface area contributed by atoms with E-state index >= 15 is 0 Å². The van der Waals surface area contributed by atoms with Crippen molar-refractivity contribution in [1.82, 2.24) is 5.32 Å². The quantitative estimate of drug-likeness (QED) is 0.612. The molecule has 1 aliphatic rings. The van der Waals surface area contributed by atoms with E-state index in [0.29, 0.717) is 5.56 Å². The molecule has 1 N–H and O–H groups in total. The lowest BCUT2D eigenvalue weighted by Crippen LogP contribution is -2.36. The third-order valence-corrected chi connectivity index (χ3v) is 2.86. The number of hydrogen-bond acceptors (Lipinski definition) is 4. The average molecular weight is 236 g/mol. The molecule has 1 saturated heterocycles. The molecule has 6 nitrogen and oxygen atoms in total. The molecule has 0 spiro atoms. The van der Waals surface area contributed by atoms with Crippen molar-refractivity contribution in [2.24, 2.45) is 0 Å². The summed E-state index contributed by atoms with van der Waals surface area (Å²) in [5.74, 6) is -0.442. The van der Waals surface area contributed by atoms with Gasteiger partial charge in [-0.2, -0.15) is 0 Å². The minimum atomic E-state index is -1.09. The fourth-order valence-electron chi connectivity index (χ4n) is 2.07.